The topological polar surface area (TPSA) is 82.6 Å². The third kappa shape index (κ3) is 7.14. The van der Waals surface area contributed by atoms with Gasteiger partial charge >= 0.3 is 0 Å². The average Bonchev–Trinajstić information content (AvgIpc) is 2.63. The molecule has 0 aliphatic carbocycles. The Balaban J connectivity index is 2.20. The number of benzene rings is 2. The number of aliphatic imine (C=N–C) groups is 1. The van der Waals surface area contributed by atoms with Crippen LogP contribution in [0.25, 0.3) is 0 Å². The number of sulfonamides is 1. The van der Waals surface area contributed by atoms with Crippen LogP contribution >= 0.6 is 0 Å². The summed E-state index contributed by atoms with van der Waals surface area (Å²) in [6.07, 6.45) is 0. The van der Waals surface area contributed by atoms with Gasteiger partial charge in [0.05, 0.1) is 11.4 Å². The van der Waals surface area contributed by atoms with Crippen LogP contribution in [0, 0.1) is 5.82 Å². The van der Waals surface area contributed by atoms with Crippen molar-refractivity contribution in [1.29, 1.82) is 0 Å². The Morgan fingerprint density at radius 3 is 2.24 bits per heavy atom. The summed E-state index contributed by atoms with van der Waals surface area (Å²) in [5.41, 5.74) is 0.508. The van der Waals surface area contributed by atoms with Gasteiger partial charge in [0.25, 0.3) is 0 Å². The summed E-state index contributed by atoms with van der Waals surface area (Å²) in [5.74, 6) is 0.187. The molecule has 0 saturated heterocycles. The number of halogens is 1. The molecule has 0 aromatic heterocycles. The zero-order valence-corrected chi connectivity index (χ0v) is 18.1. The molecular formula is C21H29FN4O2S. The normalized spacial score (nSPS) is 12.7. The lowest BCUT2D eigenvalue weighted by Crippen LogP contribution is -2.40. The highest BCUT2D eigenvalue weighted by Crippen LogP contribution is 2.18. The molecule has 0 aliphatic heterocycles. The van der Waals surface area contributed by atoms with Crippen LogP contribution in [0.5, 0.6) is 0 Å². The molecule has 0 fully saturated rings. The summed E-state index contributed by atoms with van der Waals surface area (Å²) in [5, 5.41) is 6.17. The van der Waals surface area contributed by atoms with E-state index in [2.05, 4.69) is 20.3 Å². The fraction of sp³-hybridized carbons (Fsp3) is 0.381. The van der Waals surface area contributed by atoms with Crippen molar-refractivity contribution in [3.05, 3.63) is 65.5 Å². The van der Waals surface area contributed by atoms with Gasteiger partial charge in [-0.1, -0.05) is 36.4 Å². The second-order valence-electron chi connectivity index (χ2n) is 7.60. The third-order valence-electron chi connectivity index (χ3n) is 3.86. The molecule has 0 heterocycles. The lowest BCUT2D eigenvalue weighted by molar-refractivity contribution is 0.491. The molecule has 29 heavy (non-hydrogen) atoms. The Hall–Kier alpha value is -2.45. The summed E-state index contributed by atoms with van der Waals surface area (Å²) < 4.78 is 42.0. The predicted octanol–water partition coefficient (Wildman–Crippen LogP) is 3.16. The van der Waals surface area contributed by atoms with E-state index in [1.165, 1.54) is 6.07 Å². The largest absolute Gasteiger partial charge is 0.357 e. The van der Waals surface area contributed by atoms with E-state index in [0.29, 0.717) is 23.6 Å². The van der Waals surface area contributed by atoms with E-state index < -0.39 is 15.6 Å². The van der Waals surface area contributed by atoms with Crippen molar-refractivity contribution in [1.82, 2.24) is 15.4 Å². The van der Waals surface area contributed by atoms with Crippen LogP contribution < -0.4 is 15.4 Å². The van der Waals surface area contributed by atoms with Gasteiger partial charge in [-0.3, -0.25) is 0 Å². The van der Waals surface area contributed by atoms with Gasteiger partial charge in [-0.15, -0.1) is 0 Å². The maximum Gasteiger partial charge on any atom is 0.241 e. The molecular weight excluding hydrogens is 391 g/mol. The number of hydrogen-bond acceptors (Lipinski definition) is 3. The molecule has 2 aromatic carbocycles. The van der Waals surface area contributed by atoms with Crippen molar-refractivity contribution in [2.24, 2.45) is 4.99 Å². The van der Waals surface area contributed by atoms with Crippen molar-refractivity contribution < 1.29 is 12.8 Å². The van der Waals surface area contributed by atoms with Crippen molar-refractivity contribution in [2.75, 3.05) is 6.54 Å². The zero-order chi connectivity index (χ0) is 21.5. The molecule has 0 saturated carbocycles. The summed E-state index contributed by atoms with van der Waals surface area (Å²) in [6, 6.07) is 13.3. The van der Waals surface area contributed by atoms with Crippen LogP contribution in [-0.4, -0.2) is 26.5 Å². The van der Waals surface area contributed by atoms with E-state index >= 15 is 0 Å². The first-order valence-electron chi connectivity index (χ1n) is 9.50. The van der Waals surface area contributed by atoms with Crippen molar-refractivity contribution in [3.8, 4) is 0 Å². The standard InChI is InChI=1S/C21H29FN4O2S/c1-5-23-20(24-14-16-10-6-8-12-18(16)22)25-15-17-11-7-9-13-19(17)29(27,28)26-21(2,3)4/h6-13,26H,5,14-15H2,1-4H3,(H2,23,24,25). The third-order valence-corrected chi connectivity index (χ3v) is 5.72. The van der Waals surface area contributed by atoms with Gasteiger partial charge in [-0.05, 0) is 45.4 Å². The van der Waals surface area contributed by atoms with Crippen molar-refractivity contribution >= 4 is 16.0 Å². The first-order chi connectivity index (χ1) is 13.6. The van der Waals surface area contributed by atoms with Crippen LogP contribution in [-0.2, 0) is 23.1 Å². The quantitative estimate of drug-likeness (QED) is 0.475. The Labute approximate surface area is 172 Å². The maximum atomic E-state index is 13.8. The predicted molar refractivity (Wildman–Crippen MR) is 115 cm³/mol. The second kappa shape index (κ2) is 9.84. The lowest BCUT2D eigenvalue weighted by Gasteiger charge is -2.21. The van der Waals surface area contributed by atoms with Gasteiger partial charge in [0, 0.05) is 24.2 Å². The van der Waals surface area contributed by atoms with E-state index in [4.69, 9.17) is 0 Å². The number of rotatable bonds is 7. The molecule has 158 valence electrons. The molecule has 2 rings (SSSR count). The highest BCUT2D eigenvalue weighted by Gasteiger charge is 2.24. The smallest absolute Gasteiger partial charge is 0.241 e. The van der Waals surface area contributed by atoms with Crippen LogP contribution in [0.3, 0.4) is 0 Å². The van der Waals surface area contributed by atoms with Crippen molar-refractivity contribution in [3.63, 3.8) is 0 Å². The SMILES string of the molecule is CCNC(=NCc1ccccc1S(=O)(=O)NC(C)(C)C)NCc1ccccc1F. The van der Waals surface area contributed by atoms with E-state index in [-0.39, 0.29) is 23.8 Å². The van der Waals surface area contributed by atoms with Gasteiger partial charge in [0.15, 0.2) is 5.96 Å². The summed E-state index contributed by atoms with van der Waals surface area (Å²) >= 11 is 0. The highest BCUT2D eigenvalue weighted by atomic mass is 32.2. The van der Waals surface area contributed by atoms with Gasteiger partial charge in [-0.2, -0.15) is 0 Å². The van der Waals surface area contributed by atoms with Gasteiger partial charge in [-0.25, -0.2) is 22.5 Å². The van der Waals surface area contributed by atoms with Crippen LogP contribution in [0.4, 0.5) is 4.39 Å². The fourth-order valence-corrected chi connectivity index (χ4v) is 4.33. The molecule has 0 unspecified atom stereocenters. The Kier molecular flexibility index (Phi) is 7.75. The Morgan fingerprint density at radius 2 is 1.62 bits per heavy atom. The zero-order valence-electron chi connectivity index (χ0n) is 17.3. The lowest BCUT2D eigenvalue weighted by atomic mass is 10.1. The van der Waals surface area contributed by atoms with E-state index in [1.54, 1.807) is 63.2 Å². The van der Waals surface area contributed by atoms with Crippen LogP contribution in [0.1, 0.15) is 38.8 Å². The minimum atomic E-state index is -3.68. The number of hydrogen-bond donors (Lipinski definition) is 3. The molecule has 3 N–H and O–H groups in total. The number of nitrogens with zero attached hydrogens (tertiary/aromatic N) is 1. The summed E-state index contributed by atoms with van der Waals surface area (Å²) in [6.45, 7) is 8.35. The summed E-state index contributed by atoms with van der Waals surface area (Å²) in [7, 11) is -3.68. The maximum absolute atomic E-state index is 13.8. The highest BCUT2D eigenvalue weighted by molar-refractivity contribution is 7.89. The number of guanidine groups is 1. The van der Waals surface area contributed by atoms with Gasteiger partial charge in [0.2, 0.25) is 10.0 Å². The van der Waals surface area contributed by atoms with Crippen LogP contribution in [0.2, 0.25) is 0 Å². The molecule has 0 spiro atoms. The van der Waals surface area contributed by atoms with E-state index in [0.717, 1.165) is 0 Å². The molecule has 6 nitrogen and oxygen atoms in total. The number of nitrogens with one attached hydrogen (secondary N) is 3. The molecule has 2 aromatic rings. The monoisotopic (exact) mass is 420 g/mol. The van der Waals surface area contributed by atoms with Crippen LogP contribution in [0.15, 0.2) is 58.4 Å². The minimum Gasteiger partial charge on any atom is -0.357 e. The molecule has 0 amide bonds. The first kappa shape index (κ1) is 22.8. The fourth-order valence-electron chi connectivity index (χ4n) is 2.68. The first-order valence-corrected chi connectivity index (χ1v) is 11.0. The molecule has 8 heteroatoms. The Bertz CT molecular complexity index is 953. The average molecular weight is 421 g/mol. The molecule has 0 atom stereocenters. The van der Waals surface area contributed by atoms with E-state index in [1.807, 2.05) is 6.92 Å². The molecule has 0 aliphatic rings. The van der Waals surface area contributed by atoms with E-state index in [9.17, 15) is 12.8 Å². The van der Waals surface area contributed by atoms with Crippen molar-refractivity contribution in [2.45, 2.75) is 51.2 Å². The van der Waals surface area contributed by atoms with Gasteiger partial charge < -0.3 is 10.6 Å². The molecule has 0 bridgehead atoms. The summed E-state index contributed by atoms with van der Waals surface area (Å²) in [4.78, 5) is 4.68. The van der Waals surface area contributed by atoms with Gasteiger partial charge in [0.1, 0.15) is 5.82 Å². The Morgan fingerprint density at radius 1 is 1.00 bits per heavy atom. The second-order valence-corrected chi connectivity index (χ2v) is 9.25. The minimum absolute atomic E-state index is 0.161. The molecule has 0 radical (unpaired) electrons.